The Labute approximate surface area is 219 Å². The van der Waals surface area contributed by atoms with E-state index in [4.69, 9.17) is 17.0 Å². The van der Waals surface area contributed by atoms with E-state index in [0.29, 0.717) is 16.4 Å². The lowest BCUT2D eigenvalue weighted by Gasteiger charge is -2.28. The average molecular weight is 512 g/mol. The zero-order valence-corrected chi connectivity index (χ0v) is 20.9. The topological polar surface area (TPSA) is 88.5 Å². The van der Waals surface area contributed by atoms with E-state index in [1.54, 1.807) is 18.3 Å². The Balaban J connectivity index is 1.52. The molecule has 0 aliphatic carbocycles. The highest BCUT2D eigenvalue weighted by molar-refractivity contribution is 7.80. The number of anilines is 1. The standard InChI is InChI=1S/C28H25N5O3S/c1-36-27(35)19-9-7-12-21(17-19)32-16-8-14-23(32)26-25(22-13-5-6-15-29-22)31-28(37)33(26)18-24(34)30-20-10-3-2-4-11-20/h2-17,25-26H,18H2,1H3,(H,30,34)(H,31,37)/t25-,26+/m0/s1. The van der Waals surface area contributed by atoms with Crippen molar-refractivity contribution in [1.82, 2.24) is 19.8 Å². The molecule has 0 unspecified atom stereocenters. The highest BCUT2D eigenvalue weighted by atomic mass is 32.1. The quantitative estimate of drug-likeness (QED) is 0.283. The van der Waals surface area contributed by atoms with Crippen LogP contribution in [0.2, 0.25) is 0 Å². The molecular formula is C28H25N5O3S. The minimum atomic E-state index is -0.412. The Bertz CT molecular complexity index is 1420. The molecule has 2 aromatic carbocycles. The number of benzene rings is 2. The minimum absolute atomic E-state index is 0.0438. The zero-order chi connectivity index (χ0) is 25.8. The average Bonchev–Trinajstić information content (AvgIpc) is 3.54. The number of aromatic nitrogens is 2. The molecule has 3 heterocycles. The summed E-state index contributed by atoms with van der Waals surface area (Å²) in [5, 5.41) is 6.77. The number of amides is 1. The molecule has 2 atom stereocenters. The number of rotatable bonds is 7. The second-order valence-electron chi connectivity index (χ2n) is 8.51. The molecule has 4 aromatic rings. The van der Waals surface area contributed by atoms with Crippen LogP contribution in [0.3, 0.4) is 0 Å². The van der Waals surface area contributed by atoms with Crippen LogP contribution in [-0.4, -0.2) is 45.1 Å². The molecule has 1 amide bonds. The summed E-state index contributed by atoms with van der Waals surface area (Å²) in [6.45, 7) is 0.0438. The van der Waals surface area contributed by atoms with Gasteiger partial charge in [0.05, 0.1) is 30.5 Å². The van der Waals surface area contributed by atoms with Gasteiger partial charge in [-0.1, -0.05) is 30.3 Å². The number of ether oxygens (including phenoxy) is 1. The Morgan fingerprint density at radius 3 is 2.59 bits per heavy atom. The molecule has 2 aromatic heterocycles. The monoisotopic (exact) mass is 511 g/mol. The van der Waals surface area contributed by atoms with Gasteiger partial charge < -0.3 is 24.8 Å². The van der Waals surface area contributed by atoms with Gasteiger partial charge in [-0.15, -0.1) is 0 Å². The van der Waals surface area contributed by atoms with E-state index in [-0.39, 0.29) is 24.5 Å². The van der Waals surface area contributed by atoms with E-state index >= 15 is 0 Å². The fraction of sp³-hybridized carbons (Fsp3) is 0.143. The smallest absolute Gasteiger partial charge is 0.337 e. The van der Waals surface area contributed by atoms with Gasteiger partial charge >= 0.3 is 5.97 Å². The lowest BCUT2D eigenvalue weighted by molar-refractivity contribution is -0.116. The van der Waals surface area contributed by atoms with Gasteiger partial charge in [0, 0.05) is 29.5 Å². The first kappa shape index (κ1) is 24.2. The van der Waals surface area contributed by atoms with Crippen molar-refractivity contribution in [3.8, 4) is 5.69 Å². The molecule has 37 heavy (non-hydrogen) atoms. The molecule has 1 aliphatic heterocycles. The van der Waals surface area contributed by atoms with Crippen molar-refractivity contribution in [2.75, 3.05) is 19.0 Å². The molecule has 9 heteroatoms. The molecule has 0 bridgehead atoms. The Morgan fingerprint density at radius 1 is 1.03 bits per heavy atom. The third-order valence-corrected chi connectivity index (χ3v) is 6.55. The predicted molar refractivity (Wildman–Crippen MR) is 144 cm³/mol. The number of carbonyl (C=O) groups is 2. The lowest BCUT2D eigenvalue weighted by atomic mass is 10.0. The first-order valence-corrected chi connectivity index (χ1v) is 12.1. The van der Waals surface area contributed by atoms with Crippen LogP contribution >= 0.6 is 12.2 Å². The summed E-state index contributed by atoms with van der Waals surface area (Å²) in [7, 11) is 1.36. The molecule has 0 radical (unpaired) electrons. The highest BCUT2D eigenvalue weighted by Crippen LogP contribution is 2.39. The zero-order valence-electron chi connectivity index (χ0n) is 20.1. The maximum absolute atomic E-state index is 13.1. The van der Waals surface area contributed by atoms with Crippen LogP contribution in [-0.2, 0) is 9.53 Å². The molecule has 1 saturated heterocycles. The third-order valence-electron chi connectivity index (χ3n) is 6.20. The summed E-state index contributed by atoms with van der Waals surface area (Å²) in [5.41, 5.74) is 3.63. The number of esters is 1. The summed E-state index contributed by atoms with van der Waals surface area (Å²) >= 11 is 5.72. The van der Waals surface area contributed by atoms with Gasteiger partial charge in [-0.25, -0.2) is 4.79 Å². The number of thiocarbonyl (C=S) groups is 1. The van der Waals surface area contributed by atoms with E-state index < -0.39 is 5.97 Å². The summed E-state index contributed by atoms with van der Waals surface area (Å²) in [5.74, 6) is -0.599. The van der Waals surface area contributed by atoms with Crippen LogP contribution in [0.1, 0.15) is 33.8 Å². The van der Waals surface area contributed by atoms with Crippen molar-refractivity contribution in [1.29, 1.82) is 0 Å². The van der Waals surface area contributed by atoms with E-state index in [0.717, 1.165) is 17.1 Å². The van der Waals surface area contributed by atoms with Crippen LogP contribution in [0, 0.1) is 0 Å². The predicted octanol–water partition coefficient (Wildman–Crippen LogP) is 4.27. The molecule has 8 nitrogen and oxygen atoms in total. The van der Waals surface area contributed by atoms with Crippen LogP contribution in [0.5, 0.6) is 0 Å². The first-order valence-electron chi connectivity index (χ1n) is 11.7. The fourth-order valence-electron chi connectivity index (χ4n) is 4.54. The molecule has 0 spiro atoms. The maximum atomic E-state index is 13.1. The van der Waals surface area contributed by atoms with Gasteiger partial charge in [0.15, 0.2) is 5.11 Å². The molecule has 2 N–H and O–H groups in total. The number of hydrogen-bond donors (Lipinski definition) is 2. The van der Waals surface area contributed by atoms with E-state index in [1.807, 2.05) is 88.5 Å². The van der Waals surface area contributed by atoms with E-state index in [9.17, 15) is 9.59 Å². The van der Waals surface area contributed by atoms with E-state index in [2.05, 4.69) is 15.6 Å². The van der Waals surface area contributed by atoms with Gasteiger partial charge in [-0.3, -0.25) is 9.78 Å². The Hall–Kier alpha value is -4.50. The van der Waals surface area contributed by atoms with Gasteiger partial charge in [0.25, 0.3) is 0 Å². The number of para-hydroxylation sites is 1. The van der Waals surface area contributed by atoms with Crippen molar-refractivity contribution in [3.63, 3.8) is 0 Å². The second kappa shape index (κ2) is 10.6. The molecule has 0 saturated carbocycles. The number of pyridine rings is 1. The number of nitrogens with zero attached hydrogens (tertiary/aromatic N) is 3. The van der Waals surface area contributed by atoms with Crippen LogP contribution in [0.25, 0.3) is 5.69 Å². The lowest BCUT2D eigenvalue weighted by Crippen LogP contribution is -2.37. The SMILES string of the molecule is COC(=O)c1cccc(-n2cccc2[C@@H]2[C@H](c3ccccn3)NC(=S)N2CC(=O)Nc2ccccc2)c1. The number of carbonyl (C=O) groups excluding carboxylic acids is 2. The van der Waals surface area contributed by atoms with Gasteiger partial charge in [-0.05, 0) is 66.8 Å². The Morgan fingerprint density at radius 2 is 1.84 bits per heavy atom. The summed E-state index contributed by atoms with van der Waals surface area (Å²) < 4.78 is 6.89. The summed E-state index contributed by atoms with van der Waals surface area (Å²) in [6.07, 6.45) is 3.66. The fourth-order valence-corrected chi connectivity index (χ4v) is 4.85. The normalized spacial score (nSPS) is 16.8. The number of methoxy groups -OCH3 is 1. The van der Waals surface area contributed by atoms with Crippen molar-refractivity contribution in [2.45, 2.75) is 12.1 Å². The highest BCUT2D eigenvalue weighted by Gasteiger charge is 2.42. The van der Waals surface area contributed by atoms with Gasteiger partial charge in [0.2, 0.25) is 5.91 Å². The van der Waals surface area contributed by atoms with Crippen LogP contribution < -0.4 is 10.6 Å². The second-order valence-corrected chi connectivity index (χ2v) is 8.90. The van der Waals surface area contributed by atoms with Crippen molar-refractivity contribution in [3.05, 3.63) is 114 Å². The molecule has 1 fully saturated rings. The summed E-state index contributed by atoms with van der Waals surface area (Å²) in [4.78, 5) is 31.7. The molecular weight excluding hydrogens is 486 g/mol. The first-order chi connectivity index (χ1) is 18.0. The van der Waals surface area contributed by atoms with Crippen molar-refractivity contribution >= 4 is 34.9 Å². The van der Waals surface area contributed by atoms with Crippen LogP contribution in [0.4, 0.5) is 5.69 Å². The van der Waals surface area contributed by atoms with Crippen molar-refractivity contribution in [2.24, 2.45) is 0 Å². The number of hydrogen-bond acceptors (Lipinski definition) is 5. The third kappa shape index (κ3) is 5.07. The molecule has 186 valence electrons. The minimum Gasteiger partial charge on any atom is -0.465 e. The largest absolute Gasteiger partial charge is 0.465 e. The van der Waals surface area contributed by atoms with Gasteiger partial charge in [0.1, 0.15) is 6.54 Å². The maximum Gasteiger partial charge on any atom is 0.337 e. The van der Waals surface area contributed by atoms with Crippen LogP contribution in [0.15, 0.2) is 97.3 Å². The van der Waals surface area contributed by atoms with E-state index in [1.165, 1.54) is 7.11 Å². The summed E-state index contributed by atoms with van der Waals surface area (Å²) in [6, 6.07) is 25.5. The molecule has 5 rings (SSSR count). The van der Waals surface area contributed by atoms with Gasteiger partial charge in [-0.2, -0.15) is 0 Å². The Kier molecular flexibility index (Phi) is 6.96. The number of nitrogens with one attached hydrogen (secondary N) is 2. The van der Waals surface area contributed by atoms with Crippen molar-refractivity contribution < 1.29 is 14.3 Å². The molecule has 1 aliphatic rings.